The molecule has 0 spiro atoms. The Hall–Kier alpha value is -6.12. The fraction of sp³-hybridized carbons (Fsp3) is 0.0222. The Labute approximate surface area is 276 Å². The van der Waals surface area contributed by atoms with Crippen LogP contribution in [0.15, 0.2) is 194 Å². The van der Waals surface area contributed by atoms with Crippen molar-refractivity contribution in [2.75, 3.05) is 9.80 Å². The minimum atomic E-state index is 0.885. The zero-order valence-corrected chi connectivity index (χ0v) is 26.1. The van der Waals surface area contributed by atoms with Gasteiger partial charge in [-0.05, 0) is 112 Å². The van der Waals surface area contributed by atoms with Gasteiger partial charge in [0, 0.05) is 34.1 Å². The van der Waals surface area contributed by atoms with Gasteiger partial charge in [0.2, 0.25) is 0 Å². The van der Waals surface area contributed by atoms with Gasteiger partial charge in [0.1, 0.15) is 0 Å². The number of rotatable bonds is 8. The van der Waals surface area contributed by atoms with E-state index in [0.717, 1.165) is 40.5 Å². The van der Waals surface area contributed by atoms with E-state index in [1.165, 1.54) is 32.7 Å². The monoisotopic (exact) mass is 602 g/mol. The molecule has 0 atom stereocenters. The van der Waals surface area contributed by atoms with E-state index in [-0.39, 0.29) is 0 Å². The maximum atomic E-state index is 2.33. The van der Waals surface area contributed by atoms with Crippen LogP contribution in [0.3, 0.4) is 0 Å². The molecule has 0 bridgehead atoms. The van der Waals surface area contributed by atoms with Crippen molar-refractivity contribution in [3.63, 3.8) is 0 Å². The molecule has 0 fully saturated rings. The van der Waals surface area contributed by atoms with Gasteiger partial charge in [0.05, 0.1) is 0 Å². The fourth-order valence-electron chi connectivity index (χ4n) is 6.50. The molecule has 0 aromatic heterocycles. The summed E-state index contributed by atoms with van der Waals surface area (Å²) in [7, 11) is 0. The Balaban J connectivity index is 1.07. The Morgan fingerprint density at radius 2 is 0.553 bits per heavy atom. The average Bonchev–Trinajstić information content (AvgIpc) is 3.14. The Kier molecular flexibility index (Phi) is 7.67. The molecule has 8 aromatic rings. The summed E-state index contributed by atoms with van der Waals surface area (Å²) in [6.45, 7) is 0. The Bertz CT molecular complexity index is 2020. The van der Waals surface area contributed by atoms with E-state index in [0.29, 0.717) is 0 Å². The summed E-state index contributed by atoms with van der Waals surface area (Å²) in [6, 6.07) is 69.5. The molecule has 224 valence electrons. The van der Waals surface area contributed by atoms with E-state index in [1.54, 1.807) is 0 Å². The number of hydrogen-bond acceptors (Lipinski definition) is 2. The quantitative estimate of drug-likeness (QED) is 0.171. The molecule has 0 saturated carbocycles. The third-order valence-electron chi connectivity index (χ3n) is 8.76. The van der Waals surface area contributed by atoms with Gasteiger partial charge in [-0.1, -0.05) is 121 Å². The molecule has 0 unspecified atom stereocenters. The molecule has 0 radical (unpaired) electrons. The highest BCUT2D eigenvalue weighted by Gasteiger charge is 2.14. The molecule has 8 aromatic carbocycles. The van der Waals surface area contributed by atoms with Crippen molar-refractivity contribution in [1.29, 1.82) is 0 Å². The first kappa shape index (κ1) is 28.4. The predicted octanol–water partition coefficient (Wildman–Crippen LogP) is 12.5. The smallest absolute Gasteiger partial charge is 0.0468 e. The lowest BCUT2D eigenvalue weighted by Crippen LogP contribution is -2.09. The van der Waals surface area contributed by atoms with Crippen molar-refractivity contribution in [2.24, 2.45) is 0 Å². The largest absolute Gasteiger partial charge is 0.310 e. The second-order valence-corrected chi connectivity index (χ2v) is 11.9. The predicted molar refractivity (Wildman–Crippen MR) is 200 cm³/mol. The van der Waals surface area contributed by atoms with Crippen LogP contribution in [0, 0.1) is 0 Å². The highest BCUT2D eigenvalue weighted by Crippen LogP contribution is 2.37. The van der Waals surface area contributed by atoms with Gasteiger partial charge >= 0.3 is 0 Å². The molecule has 2 nitrogen and oxygen atoms in total. The molecule has 0 aliphatic rings. The van der Waals surface area contributed by atoms with E-state index >= 15 is 0 Å². The van der Waals surface area contributed by atoms with Crippen molar-refractivity contribution in [2.45, 2.75) is 6.42 Å². The lowest BCUT2D eigenvalue weighted by molar-refractivity contribution is 1.21. The lowest BCUT2D eigenvalue weighted by atomic mass is 9.98. The minimum Gasteiger partial charge on any atom is -0.310 e. The number of para-hydroxylation sites is 4. The highest BCUT2D eigenvalue weighted by atomic mass is 15.1. The minimum absolute atomic E-state index is 0.885. The molecule has 47 heavy (non-hydrogen) atoms. The van der Waals surface area contributed by atoms with Crippen LogP contribution < -0.4 is 9.80 Å². The summed E-state index contributed by atoms with van der Waals surface area (Å²) in [4.78, 5) is 4.62. The summed E-state index contributed by atoms with van der Waals surface area (Å²) >= 11 is 0. The first-order valence-corrected chi connectivity index (χ1v) is 16.1. The second-order valence-electron chi connectivity index (χ2n) is 11.9. The molecule has 0 amide bonds. The van der Waals surface area contributed by atoms with E-state index in [4.69, 9.17) is 0 Å². The molecule has 0 aliphatic carbocycles. The third-order valence-corrected chi connectivity index (χ3v) is 8.76. The van der Waals surface area contributed by atoms with Crippen LogP contribution >= 0.6 is 0 Å². The summed E-state index contributed by atoms with van der Waals surface area (Å²) < 4.78 is 0. The highest BCUT2D eigenvalue weighted by molar-refractivity contribution is 5.91. The van der Waals surface area contributed by atoms with Crippen molar-refractivity contribution >= 4 is 55.7 Å². The molecule has 2 heteroatoms. The zero-order chi connectivity index (χ0) is 31.4. The third kappa shape index (κ3) is 5.97. The van der Waals surface area contributed by atoms with Gasteiger partial charge in [-0.3, -0.25) is 0 Å². The van der Waals surface area contributed by atoms with Gasteiger partial charge < -0.3 is 9.80 Å². The second kappa shape index (κ2) is 12.7. The molecule has 0 aliphatic heterocycles. The molecule has 0 N–H and O–H groups in total. The van der Waals surface area contributed by atoms with E-state index in [9.17, 15) is 0 Å². The van der Waals surface area contributed by atoms with Gasteiger partial charge in [0.25, 0.3) is 0 Å². The topological polar surface area (TPSA) is 6.48 Å². The zero-order valence-electron chi connectivity index (χ0n) is 26.1. The number of hydrogen-bond donors (Lipinski definition) is 0. The molecular weight excluding hydrogens is 569 g/mol. The standard InChI is InChI=1S/C45H34N2/c1-5-13-40(14-6-1)46(41-15-7-2-8-16-41)44-27-25-36-30-34(21-23-38(36)32-44)29-35-22-24-39-33-45(28-26-37(39)31-35)47(42-17-9-3-10-18-42)43-19-11-4-12-20-43/h1-28,30-33H,29H2. The number of anilines is 6. The van der Waals surface area contributed by atoms with Crippen molar-refractivity contribution in [3.8, 4) is 0 Å². The number of nitrogens with zero attached hydrogens (tertiary/aromatic N) is 2. The first-order chi connectivity index (χ1) is 23.3. The van der Waals surface area contributed by atoms with Gasteiger partial charge in [-0.2, -0.15) is 0 Å². The normalized spacial score (nSPS) is 11.1. The summed E-state index contributed by atoms with van der Waals surface area (Å²) in [5.41, 5.74) is 9.49. The maximum absolute atomic E-state index is 2.33. The SMILES string of the molecule is c1ccc(N(c2ccccc2)c2ccc3cc(Cc4ccc5cc(N(c6ccccc6)c6ccccc6)ccc5c4)ccc3c2)cc1. The van der Waals surface area contributed by atoms with Crippen molar-refractivity contribution < 1.29 is 0 Å². The molecule has 0 heterocycles. The van der Waals surface area contributed by atoms with Gasteiger partial charge in [-0.15, -0.1) is 0 Å². The molecular formula is C45H34N2. The van der Waals surface area contributed by atoms with E-state index in [2.05, 4.69) is 204 Å². The summed E-state index contributed by atoms with van der Waals surface area (Å²) in [6.07, 6.45) is 0.885. The van der Waals surface area contributed by atoms with Crippen molar-refractivity contribution in [1.82, 2.24) is 0 Å². The van der Waals surface area contributed by atoms with Crippen LogP contribution in [-0.4, -0.2) is 0 Å². The van der Waals surface area contributed by atoms with E-state index < -0.39 is 0 Å². The van der Waals surface area contributed by atoms with E-state index in [1.807, 2.05) is 0 Å². The number of fused-ring (bicyclic) bond motifs is 2. The summed E-state index contributed by atoms with van der Waals surface area (Å²) in [5.74, 6) is 0. The van der Waals surface area contributed by atoms with Crippen LogP contribution in [0.1, 0.15) is 11.1 Å². The average molecular weight is 603 g/mol. The van der Waals surface area contributed by atoms with Crippen LogP contribution in [0.4, 0.5) is 34.1 Å². The number of benzene rings is 8. The summed E-state index contributed by atoms with van der Waals surface area (Å²) in [5, 5.41) is 4.96. The lowest BCUT2D eigenvalue weighted by Gasteiger charge is -2.25. The Morgan fingerprint density at radius 1 is 0.255 bits per heavy atom. The first-order valence-electron chi connectivity index (χ1n) is 16.1. The van der Waals surface area contributed by atoms with Crippen molar-refractivity contribution in [3.05, 3.63) is 205 Å². The van der Waals surface area contributed by atoms with Crippen LogP contribution in [-0.2, 0) is 6.42 Å². The Morgan fingerprint density at radius 3 is 0.894 bits per heavy atom. The molecule has 0 saturated heterocycles. The van der Waals surface area contributed by atoms with Gasteiger partial charge in [0.15, 0.2) is 0 Å². The molecule has 8 rings (SSSR count). The van der Waals surface area contributed by atoms with Crippen LogP contribution in [0.2, 0.25) is 0 Å². The van der Waals surface area contributed by atoms with Crippen LogP contribution in [0.25, 0.3) is 21.5 Å². The van der Waals surface area contributed by atoms with Crippen LogP contribution in [0.5, 0.6) is 0 Å². The fourth-order valence-corrected chi connectivity index (χ4v) is 6.50. The van der Waals surface area contributed by atoms with Gasteiger partial charge in [-0.25, -0.2) is 0 Å². The maximum Gasteiger partial charge on any atom is 0.0468 e.